The molecule has 1 aliphatic rings. The molecule has 2 aromatic carbocycles. The number of methoxy groups -OCH3 is 1. The van der Waals surface area contributed by atoms with E-state index in [1.54, 1.807) is 7.11 Å². The number of aliphatic imine (C=N–C) groups is 1. The number of amides is 1. The SMILES string of the molecule is CCC(=O)NCCC1(I)C(c2ccccc2)=Nc2ccc(OC)cc21. The van der Waals surface area contributed by atoms with E-state index in [0.717, 1.165) is 34.7 Å². The van der Waals surface area contributed by atoms with E-state index in [2.05, 4.69) is 46.1 Å². The van der Waals surface area contributed by atoms with Crippen molar-refractivity contribution in [2.75, 3.05) is 13.7 Å². The summed E-state index contributed by atoms with van der Waals surface area (Å²) in [5, 5.41) is 2.99. The van der Waals surface area contributed by atoms with E-state index in [0.29, 0.717) is 13.0 Å². The first-order chi connectivity index (χ1) is 12.1. The highest BCUT2D eigenvalue weighted by Gasteiger charge is 2.41. The number of halogens is 1. The van der Waals surface area contributed by atoms with Crippen LogP contribution in [0.25, 0.3) is 0 Å². The summed E-state index contributed by atoms with van der Waals surface area (Å²) < 4.78 is 5.11. The molecule has 1 unspecified atom stereocenters. The van der Waals surface area contributed by atoms with Crippen molar-refractivity contribution in [3.05, 3.63) is 59.7 Å². The summed E-state index contributed by atoms with van der Waals surface area (Å²) in [5.41, 5.74) is 4.24. The lowest BCUT2D eigenvalue weighted by Crippen LogP contribution is -2.33. The Hall–Kier alpha value is -1.89. The van der Waals surface area contributed by atoms with Crippen molar-refractivity contribution in [1.29, 1.82) is 0 Å². The Kier molecular flexibility index (Phi) is 5.42. The fourth-order valence-electron chi connectivity index (χ4n) is 3.04. The maximum Gasteiger partial charge on any atom is 0.219 e. The van der Waals surface area contributed by atoms with Gasteiger partial charge in [-0.2, -0.15) is 0 Å². The Morgan fingerprint density at radius 1 is 1.24 bits per heavy atom. The first-order valence-electron chi connectivity index (χ1n) is 8.37. The highest BCUT2D eigenvalue weighted by molar-refractivity contribution is 14.1. The zero-order valence-corrected chi connectivity index (χ0v) is 16.5. The molecule has 0 saturated carbocycles. The largest absolute Gasteiger partial charge is 0.497 e. The molecule has 0 radical (unpaired) electrons. The predicted octanol–water partition coefficient (Wildman–Crippen LogP) is 4.38. The summed E-state index contributed by atoms with van der Waals surface area (Å²) in [6, 6.07) is 16.2. The molecule has 3 rings (SSSR count). The van der Waals surface area contributed by atoms with Gasteiger partial charge in [0.2, 0.25) is 5.91 Å². The Morgan fingerprint density at radius 3 is 2.68 bits per heavy atom. The number of rotatable bonds is 6. The molecule has 25 heavy (non-hydrogen) atoms. The van der Waals surface area contributed by atoms with Gasteiger partial charge in [0.15, 0.2) is 0 Å². The molecule has 0 aliphatic carbocycles. The van der Waals surface area contributed by atoms with Gasteiger partial charge in [-0.3, -0.25) is 9.79 Å². The molecule has 1 N–H and O–H groups in total. The minimum atomic E-state index is -0.302. The van der Waals surface area contributed by atoms with Crippen LogP contribution in [0.3, 0.4) is 0 Å². The number of benzene rings is 2. The maximum absolute atomic E-state index is 11.6. The first kappa shape index (κ1) is 17.9. The van der Waals surface area contributed by atoms with Crippen LogP contribution in [0, 0.1) is 0 Å². The number of hydrogen-bond acceptors (Lipinski definition) is 3. The third-order valence-electron chi connectivity index (χ3n) is 4.40. The van der Waals surface area contributed by atoms with Gasteiger partial charge < -0.3 is 10.1 Å². The van der Waals surface area contributed by atoms with Crippen LogP contribution in [0.5, 0.6) is 5.75 Å². The quantitative estimate of drug-likeness (QED) is 0.527. The van der Waals surface area contributed by atoms with Gasteiger partial charge in [0, 0.05) is 18.5 Å². The van der Waals surface area contributed by atoms with Crippen molar-refractivity contribution in [3.63, 3.8) is 0 Å². The lowest BCUT2D eigenvalue weighted by atomic mass is 9.88. The van der Waals surface area contributed by atoms with E-state index < -0.39 is 0 Å². The highest BCUT2D eigenvalue weighted by Crippen LogP contribution is 2.50. The number of ether oxygens (including phenoxy) is 1. The van der Waals surface area contributed by atoms with E-state index in [9.17, 15) is 4.79 Å². The van der Waals surface area contributed by atoms with Crippen LogP contribution >= 0.6 is 22.6 Å². The summed E-state index contributed by atoms with van der Waals surface area (Å²) in [6.07, 6.45) is 1.27. The topological polar surface area (TPSA) is 50.7 Å². The van der Waals surface area contributed by atoms with Gasteiger partial charge in [-0.1, -0.05) is 59.8 Å². The van der Waals surface area contributed by atoms with Crippen molar-refractivity contribution in [2.45, 2.75) is 23.2 Å². The Labute approximate surface area is 161 Å². The Balaban J connectivity index is 1.98. The summed E-state index contributed by atoms with van der Waals surface area (Å²) in [6.45, 7) is 2.47. The molecular formula is C20H21IN2O2. The number of nitrogens with one attached hydrogen (secondary N) is 1. The average molecular weight is 448 g/mol. The van der Waals surface area contributed by atoms with Crippen LogP contribution in [-0.4, -0.2) is 25.3 Å². The summed E-state index contributed by atoms with van der Waals surface area (Å²) in [4.78, 5) is 16.5. The molecule has 1 heterocycles. The molecule has 0 fully saturated rings. The van der Waals surface area contributed by atoms with E-state index in [1.807, 2.05) is 37.3 Å². The normalized spacial score (nSPS) is 18.4. The zero-order chi connectivity index (χ0) is 17.9. The van der Waals surface area contributed by atoms with Crippen LogP contribution in [0.15, 0.2) is 53.5 Å². The summed E-state index contributed by atoms with van der Waals surface area (Å²) in [5.74, 6) is 0.893. The second kappa shape index (κ2) is 7.56. The molecule has 2 aromatic rings. The lowest BCUT2D eigenvalue weighted by molar-refractivity contribution is -0.120. The van der Waals surface area contributed by atoms with Crippen LogP contribution in [0.1, 0.15) is 30.9 Å². The molecule has 0 saturated heterocycles. The molecule has 1 aliphatic heterocycles. The van der Waals surface area contributed by atoms with Gasteiger partial charge in [-0.25, -0.2) is 0 Å². The van der Waals surface area contributed by atoms with Gasteiger partial charge in [-0.05, 0) is 30.2 Å². The first-order valence-corrected chi connectivity index (χ1v) is 9.45. The van der Waals surface area contributed by atoms with Crippen molar-refractivity contribution in [1.82, 2.24) is 5.32 Å². The van der Waals surface area contributed by atoms with Crippen molar-refractivity contribution in [2.24, 2.45) is 4.99 Å². The third-order valence-corrected chi connectivity index (χ3v) is 6.03. The zero-order valence-electron chi connectivity index (χ0n) is 14.4. The molecule has 1 atom stereocenters. The van der Waals surface area contributed by atoms with E-state index in [-0.39, 0.29) is 9.33 Å². The number of carbonyl (C=O) groups excluding carboxylic acids is 1. The van der Waals surface area contributed by atoms with Crippen molar-refractivity contribution in [3.8, 4) is 5.75 Å². The maximum atomic E-state index is 11.6. The van der Waals surface area contributed by atoms with E-state index >= 15 is 0 Å². The minimum absolute atomic E-state index is 0.0714. The number of hydrogen-bond donors (Lipinski definition) is 1. The molecule has 1 amide bonds. The van der Waals surface area contributed by atoms with Gasteiger partial charge in [0.1, 0.15) is 5.75 Å². The summed E-state index contributed by atoms with van der Waals surface area (Å²) in [7, 11) is 1.67. The highest BCUT2D eigenvalue weighted by atomic mass is 127. The summed E-state index contributed by atoms with van der Waals surface area (Å²) >= 11 is 2.48. The molecule has 4 nitrogen and oxygen atoms in total. The smallest absolute Gasteiger partial charge is 0.219 e. The van der Waals surface area contributed by atoms with Crippen LogP contribution < -0.4 is 10.1 Å². The van der Waals surface area contributed by atoms with E-state index in [1.165, 1.54) is 0 Å². The van der Waals surface area contributed by atoms with Crippen molar-refractivity contribution >= 4 is 39.9 Å². The average Bonchev–Trinajstić information content (AvgIpc) is 2.94. The molecule has 0 aromatic heterocycles. The monoisotopic (exact) mass is 448 g/mol. The second-order valence-corrected chi connectivity index (χ2v) is 7.81. The van der Waals surface area contributed by atoms with Gasteiger partial charge in [0.25, 0.3) is 0 Å². The van der Waals surface area contributed by atoms with Gasteiger partial charge >= 0.3 is 0 Å². The molecule has 5 heteroatoms. The molecular weight excluding hydrogens is 427 g/mol. The standard InChI is InChI=1S/C20H21IN2O2/c1-3-18(24)22-12-11-20(21)16-13-15(25-2)9-10-17(16)23-19(20)14-7-5-4-6-8-14/h4-10,13H,3,11-12H2,1-2H3,(H,22,24). The Morgan fingerprint density at radius 2 is 2.00 bits per heavy atom. The van der Waals surface area contributed by atoms with Gasteiger partial charge in [0.05, 0.1) is 21.9 Å². The molecule has 130 valence electrons. The van der Waals surface area contributed by atoms with Gasteiger partial charge in [-0.15, -0.1) is 0 Å². The lowest BCUT2D eigenvalue weighted by Gasteiger charge is -2.26. The van der Waals surface area contributed by atoms with Crippen LogP contribution in [-0.2, 0) is 8.22 Å². The molecule has 0 bridgehead atoms. The Bertz CT molecular complexity index is 805. The number of fused-ring (bicyclic) bond motifs is 1. The third kappa shape index (κ3) is 3.56. The van der Waals surface area contributed by atoms with Crippen molar-refractivity contribution < 1.29 is 9.53 Å². The van der Waals surface area contributed by atoms with E-state index in [4.69, 9.17) is 9.73 Å². The number of carbonyl (C=O) groups is 1. The fourth-order valence-corrected chi connectivity index (χ4v) is 4.17. The fraction of sp³-hybridized carbons (Fsp3) is 0.300. The number of alkyl halides is 1. The molecule has 0 spiro atoms. The second-order valence-electron chi connectivity index (χ2n) is 5.96. The number of nitrogens with zero attached hydrogens (tertiary/aromatic N) is 1. The van der Waals surface area contributed by atoms with Crippen LogP contribution in [0.2, 0.25) is 0 Å². The van der Waals surface area contributed by atoms with Crippen LogP contribution in [0.4, 0.5) is 5.69 Å². The predicted molar refractivity (Wildman–Crippen MR) is 109 cm³/mol. The minimum Gasteiger partial charge on any atom is -0.497 e.